The summed E-state index contributed by atoms with van der Waals surface area (Å²) in [6.07, 6.45) is 4.71. The zero-order valence-electron chi connectivity index (χ0n) is 15.1. The summed E-state index contributed by atoms with van der Waals surface area (Å²) < 4.78 is 11.0. The molecule has 0 aromatic carbocycles. The van der Waals surface area contributed by atoms with Gasteiger partial charge in [0.25, 0.3) is 0 Å². The minimum Gasteiger partial charge on any atom is -0.394 e. The van der Waals surface area contributed by atoms with Crippen molar-refractivity contribution >= 4 is 0 Å². The molecule has 0 saturated carbocycles. The molecule has 24 heavy (non-hydrogen) atoms. The molecule has 1 heterocycles. The van der Waals surface area contributed by atoms with Gasteiger partial charge in [-0.1, -0.05) is 58.3 Å². The Labute approximate surface area is 145 Å². The smallest absolute Gasteiger partial charge is 0.186 e. The predicted molar refractivity (Wildman–Crippen MR) is 91.5 cm³/mol. The molecule has 6 heteroatoms. The topological polar surface area (TPSA) is 99.4 Å². The fourth-order valence-corrected chi connectivity index (χ4v) is 3.04. The van der Waals surface area contributed by atoms with Gasteiger partial charge in [0, 0.05) is 0 Å². The Kier molecular flexibility index (Phi) is 11.1. The molecule has 0 aliphatic carbocycles. The summed E-state index contributed by atoms with van der Waals surface area (Å²) >= 11 is 0. The summed E-state index contributed by atoms with van der Waals surface area (Å²) in [5, 5.41) is 38.6. The van der Waals surface area contributed by atoms with Gasteiger partial charge in [0.05, 0.1) is 12.7 Å². The van der Waals surface area contributed by atoms with Gasteiger partial charge in [-0.3, -0.25) is 0 Å². The molecule has 0 amide bonds. The van der Waals surface area contributed by atoms with Crippen molar-refractivity contribution in [2.24, 2.45) is 0 Å². The summed E-state index contributed by atoms with van der Waals surface area (Å²) in [5.41, 5.74) is 0. The maximum Gasteiger partial charge on any atom is 0.186 e. The lowest BCUT2D eigenvalue weighted by molar-refractivity contribution is -0.310. The lowest BCUT2D eigenvalue weighted by Gasteiger charge is -2.40. The van der Waals surface area contributed by atoms with Crippen LogP contribution >= 0.6 is 0 Å². The second kappa shape index (κ2) is 12.2. The highest BCUT2D eigenvalue weighted by atomic mass is 16.7. The third kappa shape index (κ3) is 7.33. The van der Waals surface area contributed by atoms with E-state index in [2.05, 4.69) is 6.92 Å². The lowest BCUT2D eigenvalue weighted by Crippen LogP contribution is -2.59. The normalized spacial score (nSPS) is 32.0. The molecule has 1 fully saturated rings. The lowest BCUT2D eigenvalue weighted by atomic mass is 9.99. The maximum absolute atomic E-state index is 9.94. The minimum atomic E-state index is -1.38. The standard InChI is InChI=1S/C18H36O6/c1-3-4-5-6-7-8-9-10-11-13(2)23-18-17(22)16(21)15(20)14(12-19)24-18/h13-22H,3-12H2,1-2H3/t13-,14-,15-,16+,17-,18-/m1/s1. The highest BCUT2D eigenvalue weighted by molar-refractivity contribution is 4.89. The largest absolute Gasteiger partial charge is 0.394 e. The van der Waals surface area contributed by atoms with Crippen LogP contribution in [0.4, 0.5) is 0 Å². The molecule has 0 radical (unpaired) electrons. The summed E-state index contributed by atoms with van der Waals surface area (Å²) in [6, 6.07) is 0. The van der Waals surface area contributed by atoms with Gasteiger partial charge in [0.1, 0.15) is 24.4 Å². The third-order valence-corrected chi connectivity index (χ3v) is 4.68. The molecule has 4 N–H and O–H groups in total. The molecule has 144 valence electrons. The van der Waals surface area contributed by atoms with Crippen LogP contribution in [-0.4, -0.2) is 63.8 Å². The van der Waals surface area contributed by atoms with E-state index in [0.29, 0.717) is 0 Å². The van der Waals surface area contributed by atoms with Crippen molar-refractivity contribution in [3.63, 3.8) is 0 Å². The number of aliphatic hydroxyl groups is 4. The molecule has 0 aromatic heterocycles. The van der Waals surface area contributed by atoms with Crippen LogP contribution in [0.3, 0.4) is 0 Å². The molecule has 0 spiro atoms. The van der Waals surface area contributed by atoms with E-state index in [9.17, 15) is 15.3 Å². The monoisotopic (exact) mass is 348 g/mol. The van der Waals surface area contributed by atoms with Gasteiger partial charge < -0.3 is 29.9 Å². The van der Waals surface area contributed by atoms with E-state index in [1.54, 1.807) is 0 Å². The second-order valence-electron chi connectivity index (χ2n) is 6.91. The van der Waals surface area contributed by atoms with Crippen LogP contribution in [0, 0.1) is 0 Å². The molecule has 1 rings (SSSR count). The van der Waals surface area contributed by atoms with Crippen LogP contribution in [0.25, 0.3) is 0 Å². The van der Waals surface area contributed by atoms with Crippen molar-refractivity contribution < 1.29 is 29.9 Å². The van der Waals surface area contributed by atoms with E-state index in [1.807, 2.05) is 6.92 Å². The Morgan fingerprint density at radius 3 is 2.04 bits per heavy atom. The van der Waals surface area contributed by atoms with Crippen molar-refractivity contribution in [1.29, 1.82) is 0 Å². The number of unbranched alkanes of at least 4 members (excludes halogenated alkanes) is 7. The first-order valence-corrected chi connectivity index (χ1v) is 9.47. The Bertz CT molecular complexity index is 312. The number of rotatable bonds is 12. The molecular weight excluding hydrogens is 312 g/mol. The van der Waals surface area contributed by atoms with Crippen LogP contribution in [0.1, 0.15) is 71.6 Å². The zero-order valence-corrected chi connectivity index (χ0v) is 15.1. The predicted octanol–water partition coefficient (Wildman–Crippen LogP) is 1.72. The van der Waals surface area contributed by atoms with Gasteiger partial charge in [-0.15, -0.1) is 0 Å². The van der Waals surface area contributed by atoms with Crippen molar-refractivity contribution in [1.82, 2.24) is 0 Å². The van der Waals surface area contributed by atoms with E-state index in [4.69, 9.17) is 14.6 Å². The van der Waals surface area contributed by atoms with Crippen molar-refractivity contribution in [2.75, 3.05) is 6.61 Å². The first-order chi connectivity index (χ1) is 11.5. The number of hydrogen-bond acceptors (Lipinski definition) is 6. The SMILES string of the molecule is CCCCCCCCCC[C@@H](C)O[C@@H]1O[C@H](CO)[C@@H](O)[C@H](O)[C@H]1O. The number of ether oxygens (including phenoxy) is 2. The highest BCUT2D eigenvalue weighted by Gasteiger charge is 2.44. The zero-order chi connectivity index (χ0) is 17.9. The van der Waals surface area contributed by atoms with Crippen LogP contribution in [-0.2, 0) is 9.47 Å². The first kappa shape index (κ1) is 21.8. The van der Waals surface area contributed by atoms with E-state index in [-0.39, 0.29) is 6.10 Å². The molecular formula is C18H36O6. The molecule has 1 saturated heterocycles. The first-order valence-electron chi connectivity index (χ1n) is 9.47. The van der Waals surface area contributed by atoms with Gasteiger partial charge in [0.2, 0.25) is 0 Å². The third-order valence-electron chi connectivity index (χ3n) is 4.68. The molecule has 6 atom stereocenters. The molecule has 1 aliphatic rings. The van der Waals surface area contributed by atoms with Crippen molar-refractivity contribution in [3.8, 4) is 0 Å². The van der Waals surface area contributed by atoms with Crippen LogP contribution in [0.5, 0.6) is 0 Å². The van der Waals surface area contributed by atoms with Crippen molar-refractivity contribution in [3.05, 3.63) is 0 Å². The molecule has 0 unspecified atom stereocenters. The summed E-state index contributed by atoms with van der Waals surface area (Å²) in [7, 11) is 0. The second-order valence-corrected chi connectivity index (χ2v) is 6.91. The average molecular weight is 348 g/mol. The molecule has 6 nitrogen and oxygen atoms in total. The maximum atomic E-state index is 9.94. The van der Waals surface area contributed by atoms with Gasteiger partial charge in [-0.2, -0.15) is 0 Å². The Morgan fingerprint density at radius 2 is 1.46 bits per heavy atom. The fraction of sp³-hybridized carbons (Fsp3) is 1.00. The van der Waals surface area contributed by atoms with E-state index in [1.165, 1.54) is 38.5 Å². The van der Waals surface area contributed by atoms with Gasteiger partial charge in [-0.25, -0.2) is 0 Å². The summed E-state index contributed by atoms with van der Waals surface area (Å²) in [5.74, 6) is 0. The summed E-state index contributed by atoms with van der Waals surface area (Å²) in [4.78, 5) is 0. The number of aliphatic hydroxyl groups excluding tert-OH is 4. The summed E-state index contributed by atoms with van der Waals surface area (Å²) in [6.45, 7) is 3.69. The molecule has 1 aliphatic heterocycles. The van der Waals surface area contributed by atoms with Gasteiger partial charge in [-0.05, 0) is 13.3 Å². The Balaban J connectivity index is 2.18. The Morgan fingerprint density at radius 1 is 0.875 bits per heavy atom. The molecule has 0 aromatic rings. The average Bonchev–Trinajstić information content (AvgIpc) is 2.57. The van der Waals surface area contributed by atoms with Crippen molar-refractivity contribution in [2.45, 2.75) is 108 Å². The van der Waals surface area contributed by atoms with Crippen LogP contribution in [0.2, 0.25) is 0 Å². The van der Waals surface area contributed by atoms with Crippen LogP contribution < -0.4 is 0 Å². The van der Waals surface area contributed by atoms with Gasteiger partial charge >= 0.3 is 0 Å². The van der Waals surface area contributed by atoms with Gasteiger partial charge in [0.15, 0.2) is 6.29 Å². The minimum absolute atomic E-state index is 0.119. The quantitative estimate of drug-likeness (QED) is 0.401. The van der Waals surface area contributed by atoms with E-state index < -0.39 is 37.3 Å². The van der Waals surface area contributed by atoms with E-state index in [0.717, 1.165) is 19.3 Å². The van der Waals surface area contributed by atoms with E-state index >= 15 is 0 Å². The number of hydrogen-bond donors (Lipinski definition) is 4. The fourth-order valence-electron chi connectivity index (χ4n) is 3.04. The Hall–Kier alpha value is -0.240. The molecule has 0 bridgehead atoms. The van der Waals surface area contributed by atoms with Crippen LogP contribution in [0.15, 0.2) is 0 Å². The highest BCUT2D eigenvalue weighted by Crippen LogP contribution is 2.24.